The summed E-state index contributed by atoms with van der Waals surface area (Å²) in [5, 5.41) is 4.13. The van der Waals surface area contributed by atoms with Gasteiger partial charge >= 0.3 is 0 Å². The van der Waals surface area contributed by atoms with E-state index in [0.29, 0.717) is 18.7 Å². The summed E-state index contributed by atoms with van der Waals surface area (Å²) in [6, 6.07) is 14.4. The predicted octanol–water partition coefficient (Wildman–Crippen LogP) is 3.48. The molecule has 6 heteroatoms. The zero-order valence-corrected chi connectivity index (χ0v) is 15.1. The van der Waals surface area contributed by atoms with E-state index in [-0.39, 0.29) is 23.7 Å². The molecule has 0 saturated carbocycles. The first-order valence-electron chi connectivity index (χ1n) is 9.08. The molecule has 0 N–H and O–H groups in total. The third-order valence-corrected chi connectivity index (χ3v) is 5.22. The Labute approximate surface area is 157 Å². The van der Waals surface area contributed by atoms with Crippen LogP contribution in [0.3, 0.4) is 0 Å². The summed E-state index contributed by atoms with van der Waals surface area (Å²) in [6.45, 7) is 3.22. The Morgan fingerprint density at radius 1 is 1.19 bits per heavy atom. The van der Waals surface area contributed by atoms with Gasteiger partial charge in [-0.05, 0) is 42.7 Å². The van der Waals surface area contributed by atoms with Crippen molar-refractivity contribution in [1.82, 2.24) is 19.7 Å². The van der Waals surface area contributed by atoms with E-state index >= 15 is 0 Å². The van der Waals surface area contributed by atoms with Gasteiger partial charge in [-0.3, -0.25) is 4.79 Å². The van der Waals surface area contributed by atoms with Gasteiger partial charge in [-0.1, -0.05) is 30.3 Å². The molecule has 2 atom stereocenters. The SMILES string of the molecule is CC1CC(c2ccc(F)cc2)CN1C(=O)c1ccccc1Cn1cncn1. The number of likely N-dealkylation sites (tertiary alicyclic amines) is 1. The summed E-state index contributed by atoms with van der Waals surface area (Å²) in [4.78, 5) is 19.1. The summed E-state index contributed by atoms with van der Waals surface area (Å²) in [5.41, 5.74) is 2.69. The molecule has 1 fully saturated rings. The van der Waals surface area contributed by atoms with Crippen LogP contribution in [0.4, 0.5) is 4.39 Å². The minimum absolute atomic E-state index is 0.0304. The predicted molar refractivity (Wildman–Crippen MR) is 99.8 cm³/mol. The first-order valence-corrected chi connectivity index (χ1v) is 9.08. The number of amides is 1. The number of hydrogen-bond acceptors (Lipinski definition) is 3. The molecule has 3 aromatic rings. The van der Waals surface area contributed by atoms with Crippen molar-refractivity contribution in [2.75, 3.05) is 6.54 Å². The molecule has 0 radical (unpaired) electrons. The zero-order chi connectivity index (χ0) is 18.8. The summed E-state index contributed by atoms with van der Waals surface area (Å²) in [6.07, 6.45) is 4.01. The number of benzene rings is 2. The van der Waals surface area contributed by atoms with Crippen LogP contribution in [0.15, 0.2) is 61.2 Å². The monoisotopic (exact) mass is 364 g/mol. The van der Waals surface area contributed by atoms with Crippen LogP contribution in [0.1, 0.15) is 40.7 Å². The summed E-state index contributed by atoms with van der Waals surface area (Å²) >= 11 is 0. The summed E-state index contributed by atoms with van der Waals surface area (Å²) in [7, 11) is 0. The molecule has 4 rings (SSSR count). The van der Waals surface area contributed by atoms with Crippen molar-refractivity contribution in [2.24, 2.45) is 0 Å². The lowest BCUT2D eigenvalue weighted by atomic mass is 9.97. The maximum atomic E-state index is 13.3. The van der Waals surface area contributed by atoms with Gasteiger partial charge in [0.25, 0.3) is 5.91 Å². The molecule has 0 spiro atoms. The van der Waals surface area contributed by atoms with Crippen LogP contribution in [0.25, 0.3) is 0 Å². The van der Waals surface area contributed by atoms with E-state index in [1.165, 1.54) is 18.5 Å². The van der Waals surface area contributed by atoms with Crippen LogP contribution in [-0.2, 0) is 6.54 Å². The normalized spacial score (nSPS) is 19.4. The number of carbonyl (C=O) groups excluding carboxylic acids is 1. The van der Waals surface area contributed by atoms with Crippen molar-refractivity contribution in [1.29, 1.82) is 0 Å². The van der Waals surface area contributed by atoms with Crippen molar-refractivity contribution < 1.29 is 9.18 Å². The zero-order valence-electron chi connectivity index (χ0n) is 15.1. The van der Waals surface area contributed by atoms with Gasteiger partial charge in [-0.25, -0.2) is 14.1 Å². The fourth-order valence-electron chi connectivity index (χ4n) is 3.80. The lowest BCUT2D eigenvalue weighted by Crippen LogP contribution is -2.34. The second-order valence-corrected chi connectivity index (χ2v) is 7.04. The lowest BCUT2D eigenvalue weighted by molar-refractivity contribution is 0.0744. The Morgan fingerprint density at radius 3 is 2.70 bits per heavy atom. The molecule has 1 amide bonds. The minimum Gasteiger partial charge on any atom is -0.335 e. The Kier molecular flexibility index (Phi) is 4.71. The number of halogens is 1. The quantitative estimate of drug-likeness (QED) is 0.712. The Bertz CT molecular complexity index is 924. The van der Waals surface area contributed by atoms with E-state index in [4.69, 9.17) is 0 Å². The van der Waals surface area contributed by atoms with E-state index < -0.39 is 0 Å². The average molecular weight is 364 g/mol. The van der Waals surface area contributed by atoms with Gasteiger partial charge in [-0.2, -0.15) is 5.10 Å². The number of hydrogen-bond donors (Lipinski definition) is 0. The number of aromatic nitrogens is 3. The molecule has 138 valence electrons. The molecule has 0 bridgehead atoms. The highest BCUT2D eigenvalue weighted by Gasteiger charge is 2.34. The lowest BCUT2D eigenvalue weighted by Gasteiger charge is -2.23. The minimum atomic E-state index is -0.236. The maximum Gasteiger partial charge on any atom is 0.254 e. The average Bonchev–Trinajstić information content (AvgIpc) is 3.32. The maximum absolute atomic E-state index is 13.3. The van der Waals surface area contributed by atoms with Crippen LogP contribution in [0.2, 0.25) is 0 Å². The van der Waals surface area contributed by atoms with Gasteiger partial charge < -0.3 is 4.90 Å². The van der Waals surface area contributed by atoms with Crippen molar-refractivity contribution in [3.05, 3.63) is 83.7 Å². The van der Waals surface area contributed by atoms with Gasteiger partial charge in [-0.15, -0.1) is 0 Å². The fraction of sp³-hybridized carbons (Fsp3) is 0.286. The molecule has 5 nitrogen and oxygen atoms in total. The topological polar surface area (TPSA) is 51.0 Å². The second-order valence-electron chi connectivity index (χ2n) is 7.04. The highest BCUT2D eigenvalue weighted by molar-refractivity contribution is 5.96. The first-order chi connectivity index (χ1) is 13.1. The van der Waals surface area contributed by atoms with E-state index in [2.05, 4.69) is 17.0 Å². The number of rotatable bonds is 4. The van der Waals surface area contributed by atoms with Gasteiger partial charge in [0, 0.05) is 24.1 Å². The fourth-order valence-corrected chi connectivity index (χ4v) is 3.80. The molecule has 2 unspecified atom stereocenters. The van der Waals surface area contributed by atoms with E-state index in [0.717, 1.165) is 17.5 Å². The van der Waals surface area contributed by atoms with Crippen molar-refractivity contribution in [3.63, 3.8) is 0 Å². The molecule has 27 heavy (non-hydrogen) atoms. The van der Waals surface area contributed by atoms with Crippen molar-refractivity contribution in [2.45, 2.75) is 31.8 Å². The second kappa shape index (κ2) is 7.31. The molecule has 0 aliphatic carbocycles. The van der Waals surface area contributed by atoms with Gasteiger partial charge in [0.15, 0.2) is 0 Å². The molecule has 2 aromatic carbocycles. The molecule has 1 saturated heterocycles. The molecule has 1 aliphatic heterocycles. The van der Waals surface area contributed by atoms with Crippen molar-refractivity contribution >= 4 is 5.91 Å². The van der Waals surface area contributed by atoms with Gasteiger partial charge in [0.1, 0.15) is 18.5 Å². The van der Waals surface area contributed by atoms with Crippen LogP contribution < -0.4 is 0 Å². The van der Waals surface area contributed by atoms with E-state index in [9.17, 15) is 9.18 Å². The summed E-state index contributed by atoms with van der Waals surface area (Å²) in [5.74, 6) is 0.0228. The molecule has 2 heterocycles. The number of nitrogens with zero attached hydrogens (tertiary/aromatic N) is 4. The molecule has 1 aromatic heterocycles. The smallest absolute Gasteiger partial charge is 0.254 e. The molecular weight excluding hydrogens is 343 g/mol. The highest BCUT2D eigenvalue weighted by Crippen LogP contribution is 2.33. The van der Waals surface area contributed by atoms with Crippen LogP contribution in [-0.4, -0.2) is 38.2 Å². The Balaban J connectivity index is 1.55. The van der Waals surface area contributed by atoms with E-state index in [1.807, 2.05) is 41.3 Å². The third-order valence-electron chi connectivity index (χ3n) is 5.22. The van der Waals surface area contributed by atoms with E-state index in [1.54, 1.807) is 11.0 Å². The Hall–Kier alpha value is -3.02. The van der Waals surface area contributed by atoms with Crippen LogP contribution in [0.5, 0.6) is 0 Å². The third kappa shape index (κ3) is 3.60. The Morgan fingerprint density at radius 2 is 1.96 bits per heavy atom. The van der Waals surface area contributed by atoms with Gasteiger partial charge in [0.2, 0.25) is 0 Å². The molecule has 1 aliphatic rings. The van der Waals surface area contributed by atoms with Crippen molar-refractivity contribution in [3.8, 4) is 0 Å². The van der Waals surface area contributed by atoms with Gasteiger partial charge in [0.05, 0.1) is 6.54 Å². The highest BCUT2D eigenvalue weighted by atomic mass is 19.1. The summed E-state index contributed by atoms with van der Waals surface area (Å²) < 4.78 is 14.9. The number of carbonyl (C=O) groups is 1. The van der Waals surface area contributed by atoms with Crippen LogP contribution >= 0.6 is 0 Å². The van der Waals surface area contributed by atoms with Crippen LogP contribution in [0, 0.1) is 5.82 Å². The first kappa shape index (κ1) is 17.4. The molecular formula is C21H21FN4O. The largest absolute Gasteiger partial charge is 0.335 e. The standard InChI is InChI=1S/C21H21FN4O/c1-15-10-18(16-6-8-19(22)9-7-16)12-26(15)21(27)20-5-3-2-4-17(20)11-25-14-23-13-24-25/h2-9,13-15,18H,10-12H2,1H3.